The molecule has 0 aromatic heterocycles. The van der Waals surface area contributed by atoms with Gasteiger partial charge in [-0.1, -0.05) is 30.0 Å². The molecule has 1 aromatic rings. The minimum atomic E-state index is -2.90. The first kappa shape index (κ1) is 15.8. The number of benzene rings is 1. The SMILES string of the molecule is CC(=O)SC1CC(=O)N(Cc2ccccc2OC(F)F)C1. The fraction of sp³-hybridized carbons (Fsp3) is 0.429. The molecule has 4 nitrogen and oxygen atoms in total. The number of carbonyl (C=O) groups is 2. The fourth-order valence-corrected chi connectivity index (χ4v) is 3.20. The van der Waals surface area contributed by atoms with E-state index in [-0.39, 0.29) is 28.6 Å². The first-order valence-electron chi connectivity index (χ1n) is 6.43. The average Bonchev–Trinajstić information content (AvgIpc) is 2.70. The average molecular weight is 315 g/mol. The summed E-state index contributed by atoms with van der Waals surface area (Å²) in [6, 6.07) is 6.40. The molecule has 1 aliphatic heterocycles. The van der Waals surface area contributed by atoms with Gasteiger partial charge in [0.05, 0.1) is 0 Å². The van der Waals surface area contributed by atoms with Gasteiger partial charge in [-0.2, -0.15) is 8.78 Å². The maximum Gasteiger partial charge on any atom is 0.387 e. The fourth-order valence-electron chi connectivity index (χ4n) is 2.25. The van der Waals surface area contributed by atoms with Crippen molar-refractivity contribution in [1.29, 1.82) is 0 Å². The molecular weight excluding hydrogens is 300 g/mol. The van der Waals surface area contributed by atoms with Crippen molar-refractivity contribution in [2.45, 2.75) is 31.8 Å². The Morgan fingerprint density at radius 1 is 1.48 bits per heavy atom. The number of para-hydroxylation sites is 1. The van der Waals surface area contributed by atoms with Gasteiger partial charge in [0.15, 0.2) is 5.12 Å². The zero-order chi connectivity index (χ0) is 15.4. The molecule has 1 saturated heterocycles. The molecule has 1 amide bonds. The molecule has 7 heteroatoms. The molecule has 1 aromatic carbocycles. The summed E-state index contributed by atoms with van der Waals surface area (Å²) in [4.78, 5) is 24.6. The van der Waals surface area contributed by atoms with Gasteiger partial charge in [-0.05, 0) is 6.07 Å². The molecule has 0 N–H and O–H groups in total. The van der Waals surface area contributed by atoms with Gasteiger partial charge in [0, 0.05) is 37.2 Å². The highest BCUT2D eigenvalue weighted by Gasteiger charge is 2.31. The highest BCUT2D eigenvalue weighted by molar-refractivity contribution is 8.14. The lowest BCUT2D eigenvalue weighted by Crippen LogP contribution is -2.25. The van der Waals surface area contributed by atoms with Gasteiger partial charge in [-0.3, -0.25) is 9.59 Å². The highest BCUT2D eigenvalue weighted by Crippen LogP contribution is 2.28. The Balaban J connectivity index is 2.05. The van der Waals surface area contributed by atoms with Crippen LogP contribution in [0.15, 0.2) is 24.3 Å². The monoisotopic (exact) mass is 315 g/mol. The number of hydrogen-bond acceptors (Lipinski definition) is 4. The predicted molar refractivity (Wildman–Crippen MR) is 75.2 cm³/mol. The van der Waals surface area contributed by atoms with Gasteiger partial charge in [0.2, 0.25) is 5.91 Å². The maximum atomic E-state index is 12.4. The van der Waals surface area contributed by atoms with Gasteiger partial charge in [-0.25, -0.2) is 0 Å². The second-order valence-corrected chi connectivity index (χ2v) is 6.17. The molecule has 2 rings (SSSR count). The molecule has 0 radical (unpaired) electrons. The minimum absolute atomic E-state index is 0.0314. The molecule has 0 spiro atoms. The summed E-state index contributed by atoms with van der Waals surface area (Å²) in [5.74, 6) is -0.0106. The van der Waals surface area contributed by atoms with Crippen LogP contribution < -0.4 is 4.74 Å². The number of likely N-dealkylation sites (tertiary alicyclic amines) is 1. The van der Waals surface area contributed by atoms with Crippen molar-refractivity contribution in [1.82, 2.24) is 4.90 Å². The molecule has 1 atom stereocenters. The molecule has 21 heavy (non-hydrogen) atoms. The molecule has 1 aliphatic rings. The lowest BCUT2D eigenvalue weighted by molar-refractivity contribution is -0.128. The number of rotatable bonds is 5. The number of hydrogen-bond donors (Lipinski definition) is 0. The summed E-state index contributed by atoms with van der Waals surface area (Å²) in [6.45, 7) is -0.798. The van der Waals surface area contributed by atoms with E-state index in [0.29, 0.717) is 18.5 Å². The number of amides is 1. The number of nitrogens with zero attached hydrogens (tertiary/aromatic N) is 1. The third-order valence-electron chi connectivity index (χ3n) is 3.06. The normalized spacial score (nSPS) is 18.4. The van der Waals surface area contributed by atoms with E-state index in [0.717, 1.165) is 11.8 Å². The van der Waals surface area contributed by atoms with E-state index in [1.807, 2.05) is 0 Å². The van der Waals surface area contributed by atoms with Gasteiger partial charge in [-0.15, -0.1) is 0 Å². The van der Waals surface area contributed by atoms with Gasteiger partial charge in [0.1, 0.15) is 5.75 Å². The Labute approximate surface area is 125 Å². The first-order valence-corrected chi connectivity index (χ1v) is 7.31. The van der Waals surface area contributed by atoms with Crippen molar-refractivity contribution in [2.75, 3.05) is 6.54 Å². The number of halogens is 2. The molecule has 1 heterocycles. The van der Waals surface area contributed by atoms with E-state index in [1.54, 1.807) is 23.1 Å². The Bertz CT molecular complexity index is 539. The van der Waals surface area contributed by atoms with Crippen molar-refractivity contribution in [3.63, 3.8) is 0 Å². The summed E-state index contributed by atoms with van der Waals surface area (Å²) < 4.78 is 29.2. The van der Waals surface area contributed by atoms with Gasteiger partial charge >= 0.3 is 6.61 Å². The summed E-state index contributed by atoms with van der Waals surface area (Å²) in [5.41, 5.74) is 0.527. The van der Waals surface area contributed by atoms with E-state index in [9.17, 15) is 18.4 Å². The second kappa shape index (κ2) is 6.89. The van der Waals surface area contributed by atoms with Crippen molar-refractivity contribution in [2.24, 2.45) is 0 Å². The molecule has 0 aliphatic carbocycles. The molecule has 1 unspecified atom stereocenters. The van der Waals surface area contributed by atoms with Crippen LogP contribution in [0.3, 0.4) is 0 Å². The number of alkyl halides is 2. The Kier molecular flexibility index (Phi) is 5.17. The molecular formula is C14H15F2NO3S. The topological polar surface area (TPSA) is 46.6 Å². The second-order valence-electron chi connectivity index (χ2n) is 4.70. The third-order valence-corrected chi connectivity index (χ3v) is 4.04. The quantitative estimate of drug-likeness (QED) is 0.838. The first-order chi connectivity index (χ1) is 9.95. The van der Waals surface area contributed by atoms with Gasteiger partial charge < -0.3 is 9.64 Å². The lowest BCUT2D eigenvalue weighted by atomic mass is 10.2. The number of carbonyl (C=O) groups excluding carboxylic acids is 2. The van der Waals surface area contributed by atoms with E-state index in [4.69, 9.17) is 0 Å². The molecule has 0 bridgehead atoms. The van der Waals surface area contributed by atoms with Gasteiger partial charge in [0.25, 0.3) is 0 Å². The maximum absolute atomic E-state index is 12.4. The minimum Gasteiger partial charge on any atom is -0.434 e. The lowest BCUT2D eigenvalue weighted by Gasteiger charge is -2.18. The van der Waals surface area contributed by atoms with E-state index >= 15 is 0 Å². The summed E-state index contributed by atoms with van der Waals surface area (Å²) in [5, 5.41) is -0.103. The van der Waals surface area contributed by atoms with Crippen LogP contribution in [0.1, 0.15) is 18.9 Å². The standard InChI is InChI=1S/C14H15F2NO3S/c1-9(18)21-11-6-13(19)17(8-11)7-10-4-2-3-5-12(10)20-14(15)16/h2-5,11,14H,6-8H2,1H3. The number of thioether (sulfide) groups is 1. The van der Waals surface area contributed by atoms with Crippen LogP contribution in [0, 0.1) is 0 Å². The van der Waals surface area contributed by atoms with E-state index < -0.39 is 6.61 Å². The van der Waals surface area contributed by atoms with Crippen LogP contribution in [0.2, 0.25) is 0 Å². The summed E-state index contributed by atoms with van der Waals surface area (Å²) >= 11 is 1.14. The Morgan fingerprint density at radius 3 is 2.86 bits per heavy atom. The zero-order valence-electron chi connectivity index (χ0n) is 11.4. The van der Waals surface area contributed by atoms with Crippen LogP contribution in [0.5, 0.6) is 5.75 Å². The summed E-state index contributed by atoms with van der Waals surface area (Å²) in [6.07, 6.45) is 0.294. The Hall–Kier alpha value is -1.63. The molecule has 114 valence electrons. The summed E-state index contributed by atoms with van der Waals surface area (Å²) in [7, 11) is 0. The van der Waals surface area contributed by atoms with E-state index in [1.165, 1.54) is 13.0 Å². The van der Waals surface area contributed by atoms with Crippen LogP contribution in [-0.4, -0.2) is 34.3 Å². The third kappa shape index (κ3) is 4.42. The van der Waals surface area contributed by atoms with E-state index in [2.05, 4.69) is 4.74 Å². The van der Waals surface area contributed by atoms with Crippen molar-refractivity contribution in [3.05, 3.63) is 29.8 Å². The largest absolute Gasteiger partial charge is 0.434 e. The molecule has 0 saturated carbocycles. The molecule has 1 fully saturated rings. The smallest absolute Gasteiger partial charge is 0.387 e. The number of ether oxygens (including phenoxy) is 1. The van der Waals surface area contributed by atoms with Crippen LogP contribution in [0.25, 0.3) is 0 Å². The van der Waals surface area contributed by atoms with Crippen LogP contribution >= 0.6 is 11.8 Å². The van der Waals surface area contributed by atoms with Crippen LogP contribution in [0.4, 0.5) is 8.78 Å². The van der Waals surface area contributed by atoms with Crippen molar-refractivity contribution in [3.8, 4) is 5.75 Å². The Morgan fingerprint density at radius 2 is 2.19 bits per heavy atom. The van der Waals surface area contributed by atoms with Crippen molar-refractivity contribution >= 4 is 22.8 Å². The van der Waals surface area contributed by atoms with Crippen molar-refractivity contribution < 1.29 is 23.1 Å². The van der Waals surface area contributed by atoms with Crippen LogP contribution in [-0.2, 0) is 16.1 Å². The predicted octanol–water partition coefficient (Wildman–Crippen LogP) is 2.67. The highest BCUT2D eigenvalue weighted by atomic mass is 32.2. The zero-order valence-corrected chi connectivity index (χ0v) is 12.2.